The Bertz CT molecular complexity index is 175. The van der Waals surface area contributed by atoms with E-state index in [4.69, 9.17) is 10.8 Å². The van der Waals surface area contributed by atoms with E-state index in [1.165, 1.54) is 0 Å². The largest absolute Gasteiger partial charge is 0.396 e. The number of hydrogen-bond donors (Lipinski definition) is 2. The van der Waals surface area contributed by atoms with Crippen molar-refractivity contribution < 1.29 is 5.11 Å². The van der Waals surface area contributed by atoms with E-state index < -0.39 is 0 Å². The topological polar surface area (TPSA) is 46.2 Å². The zero-order valence-electron chi connectivity index (χ0n) is 7.32. The fourth-order valence-corrected chi connectivity index (χ4v) is 1.46. The van der Waals surface area contributed by atoms with Crippen LogP contribution in [0.4, 0.5) is 0 Å². The zero-order chi connectivity index (χ0) is 8.81. The van der Waals surface area contributed by atoms with Gasteiger partial charge in [0, 0.05) is 12.6 Å². The van der Waals surface area contributed by atoms with Crippen molar-refractivity contribution in [1.29, 1.82) is 0 Å². The van der Waals surface area contributed by atoms with Gasteiger partial charge in [0.2, 0.25) is 0 Å². The van der Waals surface area contributed by atoms with Gasteiger partial charge >= 0.3 is 0 Å². The van der Waals surface area contributed by atoms with Crippen LogP contribution in [0.25, 0.3) is 0 Å². The van der Waals surface area contributed by atoms with Crippen LogP contribution in [-0.4, -0.2) is 17.8 Å². The van der Waals surface area contributed by atoms with Gasteiger partial charge in [0.25, 0.3) is 0 Å². The van der Waals surface area contributed by atoms with Crippen LogP contribution in [0.15, 0.2) is 24.3 Å². The number of rotatable bonds is 4. The molecule has 0 aliphatic heterocycles. The average molecular weight is 167 g/mol. The van der Waals surface area contributed by atoms with E-state index in [0.29, 0.717) is 5.92 Å². The van der Waals surface area contributed by atoms with Crippen molar-refractivity contribution >= 4 is 0 Å². The summed E-state index contributed by atoms with van der Waals surface area (Å²) >= 11 is 0. The van der Waals surface area contributed by atoms with Crippen molar-refractivity contribution in [1.82, 2.24) is 0 Å². The molecule has 0 aromatic heterocycles. The molecule has 0 fully saturated rings. The van der Waals surface area contributed by atoms with Gasteiger partial charge in [-0.3, -0.25) is 0 Å². The van der Waals surface area contributed by atoms with Crippen LogP contribution in [0.2, 0.25) is 0 Å². The second-order valence-corrected chi connectivity index (χ2v) is 3.24. The monoisotopic (exact) mass is 167 g/mol. The SMILES string of the molecule is N[C@@H](CCCO)C1C=CC=CC1. The van der Waals surface area contributed by atoms with Gasteiger partial charge in [0.1, 0.15) is 0 Å². The molecule has 0 heterocycles. The van der Waals surface area contributed by atoms with E-state index in [1.807, 2.05) is 6.08 Å². The third-order valence-corrected chi connectivity index (χ3v) is 2.26. The molecule has 0 amide bonds. The van der Waals surface area contributed by atoms with Crippen LogP contribution >= 0.6 is 0 Å². The Hall–Kier alpha value is -0.600. The molecular formula is C10H17NO. The van der Waals surface area contributed by atoms with Crippen LogP contribution in [0, 0.1) is 5.92 Å². The van der Waals surface area contributed by atoms with E-state index in [2.05, 4.69) is 18.2 Å². The van der Waals surface area contributed by atoms with Crippen molar-refractivity contribution in [2.24, 2.45) is 11.7 Å². The molecule has 0 saturated carbocycles. The fourth-order valence-electron chi connectivity index (χ4n) is 1.46. The minimum absolute atomic E-state index is 0.207. The quantitative estimate of drug-likeness (QED) is 0.661. The molecule has 0 spiro atoms. The van der Waals surface area contributed by atoms with E-state index in [1.54, 1.807) is 0 Å². The summed E-state index contributed by atoms with van der Waals surface area (Å²) in [6.07, 6.45) is 11.2. The first kappa shape index (κ1) is 9.49. The molecule has 2 atom stereocenters. The Balaban J connectivity index is 2.27. The van der Waals surface area contributed by atoms with Gasteiger partial charge < -0.3 is 10.8 Å². The van der Waals surface area contributed by atoms with E-state index >= 15 is 0 Å². The van der Waals surface area contributed by atoms with Gasteiger partial charge in [0.15, 0.2) is 0 Å². The van der Waals surface area contributed by atoms with Crippen molar-refractivity contribution in [2.75, 3.05) is 6.61 Å². The van der Waals surface area contributed by atoms with Gasteiger partial charge in [-0.2, -0.15) is 0 Å². The maximum Gasteiger partial charge on any atom is 0.0431 e. The Morgan fingerprint density at radius 1 is 1.50 bits per heavy atom. The molecular weight excluding hydrogens is 150 g/mol. The summed E-state index contributed by atoms with van der Waals surface area (Å²) in [7, 11) is 0. The number of aliphatic hydroxyl groups excluding tert-OH is 1. The van der Waals surface area contributed by atoms with Crippen LogP contribution in [0.1, 0.15) is 19.3 Å². The van der Waals surface area contributed by atoms with Crippen LogP contribution in [0.5, 0.6) is 0 Å². The summed E-state index contributed by atoms with van der Waals surface area (Å²) in [4.78, 5) is 0. The maximum atomic E-state index is 8.63. The molecule has 2 nitrogen and oxygen atoms in total. The van der Waals surface area contributed by atoms with Crippen LogP contribution in [0.3, 0.4) is 0 Å². The van der Waals surface area contributed by atoms with Gasteiger partial charge in [0.05, 0.1) is 0 Å². The fraction of sp³-hybridized carbons (Fsp3) is 0.600. The van der Waals surface area contributed by atoms with E-state index in [-0.39, 0.29) is 12.6 Å². The molecule has 1 aliphatic carbocycles. The molecule has 0 aromatic rings. The molecule has 1 unspecified atom stereocenters. The van der Waals surface area contributed by atoms with Crippen molar-refractivity contribution in [2.45, 2.75) is 25.3 Å². The first-order valence-corrected chi connectivity index (χ1v) is 4.54. The lowest BCUT2D eigenvalue weighted by Gasteiger charge is -2.20. The number of allylic oxidation sites excluding steroid dienone is 3. The highest BCUT2D eigenvalue weighted by Gasteiger charge is 2.13. The van der Waals surface area contributed by atoms with Gasteiger partial charge in [-0.1, -0.05) is 24.3 Å². The van der Waals surface area contributed by atoms with Crippen molar-refractivity contribution in [3.05, 3.63) is 24.3 Å². The van der Waals surface area contributed by atoms with Gasteiger partial charge in [-0.05, 0) is 25.2 Å². The smallest absolute Gasteiger partial charge is 0.0431 e. The molecule has 2 heteroatoms. The maximum absolute atomic E-state index is 8.63. The molecule has 68 valence electrons. The lowest BCUT2D eigenvalue weighted by atomic mass is 9.91. The predicted molar refractivity (Wildman–Crippen MR) is 50.7 cm³/mol. The molecule has 12 heavy (non-hydrogen) atoms. The minimum Gasteiger partial charge on any atom is -0.396 e. The van der Waals surface area contributed by atoms with Crippen LogP contribution < -0.4 is 5.73 Å². The third kappa shape index (κ3) is 2.80. The molecule has 0 aromatic carbocycles. The predicted octanol–water partition coefficient (Wildman–Crippen LogP) is 1.22. The normalized spacial score (nSPS) is 24.3. The van der Waals surface area contributed by atoms with E-state index in [9.17, 15) is 0 Å². The Kier molecular flexibility index (Phi) is 4.05. The lowest BCUT2D eigenvalue weighted by molar-refractivity contribution is 0.274. The Morgan fingerprint density at radius 3 is 2.92 bits per heavy atom. The summed E-state index contributed by atoms with van der Waals surface area (Å²) < 4.78 is 0. The molecule has 0 bridgehead atoms. The number of nitrogens with two attached hydrogens (primary N) is 1. The molecule has 1 aliphatic rings. The summed E-state index contributed by atoms with van der Waals surface area (Å²) in [6.45, 7) is 0.250. The minimum atomic E-state index is 0.207. The molecule has 1 rings (SSSR count). The van der Waals surface area contributed by atoms with E-state index in [0.717, 1.165) is 19.3 Å². The lowest BCUT2D eigenvalue weighted by Crippen LogP contribution is -2.29. The first-order chi connectivity index (χ1) is 5.84. The second-order valence-electron chi connectivity index (χ2n) is 3.24. The highest BCUT2D eigenvalue weighted by molar-refractivity contribution is 5.12. The molecule has 0 saturated heterocycles. The third-order valence-electron chi connectivity index (χ3n) is 2.26. The highest BCUT2D eigenvalue weighted by atomic mass is 16.2. The second kappa shape index (κ2) is 5.12. The molecule has 0 radical (unpaired) electrons. The van der Waals surface area contributed by atoms with Gasteiger partial charge in [-0.25, -0.2) is 0 Å². The first-order valence-electron chi connectivity index (χ1n) is 4.54. The summed E-state index contributed by atoms with van der Waals surface area (Å²) in [5.41, 5.74) is 5.94. The summed E-state index contributed by atoms with van der Waals surface area (Å²) in [6, 6.07) is 0.207. The van der Waals surface area contributed by atoms with Crippen LogP contribution in [-0.2, 0) is 0 Å². The molecule has 3 N–H and O–H groups in total. The summed E-state index contributed by atoms with van der Waals surface area (Å²) in [5.74, 6) is 0.474. The Labute approximate surface area is 73.8 Å². The average Bonchev–Trinajstić information content (AvgIpc) is 2.15. The summed E-state index contributed by atoms with van der Waals surface area (Å²) in [5, 5.41) is 8.63. The van der Waals surface area contributed by atoms with Crippen molar-refractivity contribution in [3.8, 4) is 0 Å². The Morgan fingerprint density at radius 2 is 2.33 bits per heavy atom. The highest BCUT2D eigenvalue weighted by Crippen LogP contribution is 2.17. The zero-order valence-corrected chi connectivity index (χ0v) is 7.32. The standard InChI is InChI=1S/C10H17NO/c11-10(7-4-8-12)9-5-2-1-3-6-9/h1-3,5,9-10,12H,4,6-8,11H2/t9?,10-/m0/s1. The number of aliphatic hydroxyl groups is 1. The number of hydrogen-bond acceptors (Lipinski definition) is 2. The van der Waals surface area contributed by atoms with Gasteiger partial charge in [-0.15, -0.1) is 0 Å². The van der Waals surface area contributed by atoms with Crippen molar-refractivity contribution in [3.63, 3.8) is 0 Å².